The fourth-order valence-corrected chi connectivity index (χ4v) is 1.29. The Balaban J connectivity index is 0.000000605. The summed E-state index contributed by atoms with van der Waals surface area (Å²) in [4.78, 5) is 0. The van der Waals surface area contributed by atoms with Crippen LogP contribution in [0.25, 0.3) is 0 Å². The summed E-state index contributed by atoms with van der Waals surface area (Å²) in [7, 11) is 0. The van der Waals surface area contributed by atoms with E-state index in [4.69, 9.17) is 0 Å². The fourth-order valence-electron chi connectivity index (χ4n) is 1.29. The summed E-state index contributed by atoms with van der Waals surface area (Å²) in [5.41, 5.74) is 2.71. The Kier molecular flexibility index (Phi) is 3.07. The minimum Gasteiger partial charge on any atom is -0.535 e. The summed E-state index contributed by atoms with van der Waals surface area (Å²) < 4.78 is 0. The van der Waals surface area contributed by atoms with Gasteiger partial charge in [-0.1, -0.05) is 24.6 Å². The molecule has 1 nitrogen and oxygen atoms in total. The van der Waals surface area contributed by atoms with Crippen molar-refractivity contribution in [3.63, 3.8) is 0 Å². The van der Waals surface area contributed by atoms with E-state index in [2.05, 4.69) is 36.1 Å². The number of fused-ring (bicyclic) bond motifs is 1. The van der Waals surface area contributed by atoms with E-state index in [9.17, 15) is 0 Å². The van der Waals surface area contributed by atoms with Crippen LogP contribution in [0.4, 0.5) is 5.69 Å². The van der Waals surface area contributed by atoms with Crippen molar-refractivity contribution in [2.45, 2.75) is 12.8 Å². The van der Waals surface area contributed by atoms with Crippen molar-refractivity contribution in [2.75, 3.05) is 5.32 Å². The number of nitrogens with one attached hydrogen (secondary N) is 1. The summed E-state index contributed by atoms with van der Waals surface area (Å²) in [5, 5.41) is 3.24. The molecule has 2 heteroatoms. The van der Waals surface area contributed by atoms with Gasteiger partial charge in [-0.3, -0.25) is 0 Å². The van der Waals surface area contributed by atoms with Crippen molar-refractivity contribution < 1.29 is 19.5 Å². The average molecular weight is 235 g/mol. The molecule has 0 aliphatic carbocycles. The normalized spacial score (nSPS) is 14.2. The van der Waals surface area contributed by atoms with Crippen LogP contribution in [-0.2, 0) is 25.9 Å². The molecule has 0 aromatic heterocycles. The van der Waals surface area contributed by atoms with Gasteiger partial charge in [0.15, 0.2) is 0 Å². The van der Waals surface area contributed by atoms with Crippen LogP contribution in [0.5, 0.6) is 0 Å². The summed E-state index contributed by atoms with van der Waals surface area (Å²) in [6.45, 7) is 2.11. The Morgan fingerprint density at radius 1 is 1.27 bits per heavy atom. The zero-order valence-corrected chi connectivity index (χ0v) is 7.77. The fraction of sp³-hybridized carbons (Fsp3) is 0.222. The molecule has 0 spiro atoms. The number of benzene rings is 1. The average Bonchev–Trinajstić information content (AvgIpc) is 2.05. The van der Waals surface area contributed by atoms with Gasteiger partial charge in [-0.25, -0.2) is 6.54 Å². The maximum absolute atomic E-state index is 3.24. The predicted molar refractivity (Wildman–Crippen MR) is 42.7 cm³/mol. The number of hydrogen-bond acceptors (Lipinski definition) is 1. The minimum absolute atomic E-state index is 0. The van der Waals surface area contributed by atoms with Crippen molar-refractivity contribution in [3.8, 4) is 0 Å². The summed E-state index contributed by atoms with van der Waals surface area (Å²) in [5.74, 6) is 0. The second kappa shape index (κ2) is 3.87. The second-order valence-electron chi connectivity index (χ2n) is 2.54. The van der Waals surface area contributed by atoms with Crippen LogP contribution in [0.1, 0.15) is 12.0 Å². The predicted octanol–water partition coefficient (Wildman–Crippen LogP) is 2.20. The quantitative estimate of drug-likeness (QED) is 0.537. The molecular weight excluding hydrogens is 225 g/mol. The first-order valence-electron chi connectivity index (χ1n) is 3.63. The smallest absolute Gasteiger partial charge is 0.00780 e. The molecule has 0 bridgehead atoms. The molecule has 11 heavy (non-hydrogen) atoms. The zero-order valence-electron chi connectivity index (χ0n) is 6.13. The molecule has 1 aromatic rings. The molecule has 1 N–H and O–H groups in total. The third kappa shape index (κ3) is 1.81. The number of para-hydroxylation sites is 1. The van der Waals surface area contributed by atoms with E-state index in [-0.39, 0.29) is 19.5 Å². The molecule has 1 heterocycles. The van der Waals surface area contributed by atoms with Gasteiger partial charge in [0.2, 0.25) is 0 Å². The molecule has 1 aromatic carbocycles. The van der Waals surface area contributed by atoms with Crippen LogP contribution in [0.3, 0.4) is 0 Å². The Morgan fingerprint density at radius 3 is 2.91 bits per heavy atom. The van der Waals surface area contributed by atoms with Crippen LogP contribution in [0.15, 0.2) is 24.3 Å². The van der Waals surface area contributed by atoms with Crippen molar-refractivity contribution >= 4 is 5.69 Å². The second-order valence-corrected chi connectivity index (χ2v) is 2.54. The van der Waals surface area contributed by atoms with Gasteiger partial charge in [0.25, 0.3) is 0 Å². The molecule has 0 unspecified atom stereocenters. The van der Waals surface area contributed by atoms with Gasteiger partial charge in [-0.05, 0) is 11.6 Å². The molecule has 1 aliphatic rings. The SMILES string of the molecule is [Rh].c1ccc2c(c1)CC[CH-]N2. The monoisotopic (exact) mass is 235 g/mol. The molecule has 1 radical (unpaired) electrons. The molecule has 61 valence electrons. The third-order valence-corrected chi connectivity index (χ3v) is 1.83. The molecule has 0 saturated heterocycles. The van der Waals surface area contributed by atoms with Gasteiger partial charge in [0, 0.05) is 25.2 Å². The Labute approximate surface area is 80.0 Å². The Morgan fingerprint density at radius 2 is 2.09 bits per heavy atom. The van der Waals surface area contributed by atoms with E-state index in [0.29, 0.717) is 0 Å². The van der Waals surface area contributed by atoms with Crippen LogP contribution in [-0.4, -0.2) is 0 Å². The van der Waals surface area contributed by atoms with Crippen molar-refractivity contribution in [1.29, 1.82) is 0 Å². The van der Waals surface area contributed by atoms with E-state index < -0.39 is 0 Å². The summed E-state index contributed by atoms with van der Waals surface area (Å²) in [6, 6.07) is 8.44. The van der Waals surface area contributed by atoms with E-state index >= 15 is 0 Å². The number of hydrogen-bond donors (Lipinski definition) is 1. The zero-order chi connectivity index (χ0) is 6.81. The van der Waals surface area contributed by atoms with Crippen molar-refractivity contribution in [3.05, 3.63) is 36.4 Å². The first kappa shape index (κ1) is 8.74. The molecule has 0 saturated carbocycles. The number of rotatable bonds is 0. The van der Waals surface area contributed by atoms with Crippen LogP contribution < -0.4 is 5.32 Å². The minimum atomic E-state index is 0. The van der Waals surface area contributed by atoms with Crippen molar-refractivity contribution in [1.82, 2.24) is 0 Å². The largest absolute Gasteiger partial charge is 0.535 e. The third-order valence-electron chi connectivity index (χ3n) is 1.83. The molecule has 1 aliphatic heterocycles. The van der Waals surface area contributed by atoms with Gasteiger partial charge in [-0.2, -0.15) is 6.42 Å². The van der Waals surface area contributed by atoms with E-state index in [0.717, 1.165) is 6.42 Å². The van der Waals surface area contributed by atoms with Gasteiger partial charge in [0.1, 0.15) is 0 Å². The Bertz CT molecular complexity index is 210. The maximum Gasteiger partial charge on any atom is 0.00780 e. The topological polar surface area (TPSA) is 12.0 Å². The number of anilines is 1. The molecular formula is C9H10NRh-. The van der Waals surface area contributed by atoms with Gasteiger partial charge in [-0.15, -0.1) is 0 Å². The van der Waals surface area contributed by atoms with Gasteiger partial charge >= 0.3 is 0 Å². The van der Waals surface area contributed by atoms with Gasteiger partial charge in [0.05, 0.1) is 0 Å². The molecule has 0 amide bonds. The molecule has 0 atom stereocenters. The van der Waals surface area contributed by atoms with Crippen LogP contribution in [0.2, 0.25) is 0 Å². The maximum atomic E-state index is 3.24. The standard InChI is InChI=1S/C9H10N.Rh/c1-2-6-9-8(4-1)5-3-7-10-9;/h1-2,4,6-7,10H,3,5H2;/q-1;. The molecule has 0 fully saturated rings. The summed E-state index contributed by atoms with van der Waals surface area (Å²) >= 11 is 0. The van der Waals surface area contributed by atoms with Gasteiger partial charge < -0.3 is 5.32 Å². The first-order chi connectivity index (χ1) is 4.97. The van der Waals surface area contributed by atoms with Crippen LogP contribution >= 0.6 is 0 Å². The van der Waals surface area contributed by atoms with Crippen molar-refractivity contribution in [2.24, 2.45) is 0 Å². The van der Waals surface area contributed by atoms with E-state index in [1.807, 2.05) is 0 Å². The molecule has 2 rings (SSSR count). The van der Waals surface area contributed by atoms with Crippen LogP contribution in [0, 0.1) is 6.54 Å². The summed E-state index contributed by atoms with van der Waals surface area (Å²) in [6.07, 6.45) is 2.33. The number of aryl methyl sites for hydroxylation is 1. The van der Waals surface area contributed by atoms with E-state index in [1.54, 1.807) is 0 Å². The first-order valence-corrected chi connectivity index (χ1v) is 3.63. The van der Waals surface area contributed by atoms with E-state index in [1.165, 1.54) is 17.7 Å². The Hall–Kier alpha value is -0.357.